The first kappa shape index (κ1) is 13.3. The van der Waals surface area contributed by atoms with Crippen molar-refractivity contribution in [1.82, 2.24) is 5.32 Å². The van der Waals surface area contributed by atoms with E-state index in [1.165, 1.54) is 11.1 Å². The van der Waals surface area contributed by atoms with Gasteiger partial charge in [-0.05, 0) is 35.7 Å². The zero-order valence-electron chi connectivity index (χ0n) is 11.0. The molecule has 0 saturated carbocycles. The van der Waals surface area contributed by atoms with Crippen LogP contribution in [0.25, 0.3) is 0 Å². The number of carbonyl (C=O) groups is 1. The average Bonchev–Trinajstić information content (AvgIpc) is 2.41. The number of hydrogen-bond donors (Lipinski definition) is 2. The molecule has 98 valence electrons. The smallest absolute Gasteiger partial charge is 0.248 e. The van der Waals surface area contributed by atoms with Crippen molar-refractivity contribution >= 4 is 5.91 Å². The molecule has 2 aromatic rings. The number of primary amides is 1. The maximum Gasteiger partial charge on any atom is 0.248 e. The fraction of sp³-hybridized carbons (Fsp3) is 0.188. The lowest BCUT2D eigenvalue weighted by Gasteiger charge is -2.09. The molecule has 3 heteroatoms. The van der Waals surface area contributed by atoms with Crippen LogP contribution in [0.5, 0.6) is 0 Å². The van der Waals surface area contributed by atoms with Crippen LogP contribution in [-0.4, -0.2) is 5.91 Å². The summed E-state index contributed by atoms with van der Waals surface area (Å²) in [6.45, 7) is 3.60. The van der Waals surface area contributed by atoms with Gasteiger partial charge in [0.05, 0.1) is 0 Å². The predicted molar refractivity (Wildman–Crippen MR) is 76.7 cm³/mol. The molecular weight excluding hydrogens is 236 g/mol. The van der Waals surface area contributed by atoms with E-state index in [0.717, 1.165) is 18.7 Å². The van der Waals surface area contributed by atoms with E-state index in [9.17, 15) is 4.79 Å². The molecule has 0 atom stereocenters. The lowest BCUT2D eigenvalue weighted by atomic mass is 10.0. The van der Waals surface area contributed by atoms with Crippen LogP contribution in [0.3, 0.4) is 0 Å². The molecule has 0 heterocycles. The summed E-state index contributed by atoms with van der Waals surface area (Å²) >= 11 is 0. The van der Waals surface area contributed by atoms with E-state index in [1.54, 1.807) is 6.07 Å². The van der Waals surface area contributed by atoms with Gasteiger partial charge in [-0.15, -0.1) is 0 Å². The van der Waals surface area contributed by atoms with Gasteiger partial charge in [0.2, 0.25) is 5.91 Å². The van der Waals surface area contributed by atoms with Crippen LogP contribution >= 0.6 is 0 Å². The van der Waals surface area contributed by atoms with E-state index >= 15 is 0 Å². The normalized spacial score (nSPS) is 10.4. The van der Waals surface area contributed by atoms with Crippen molar-refractivity contribution in [2.45, 2.75) is 20.0 Å². The fourth-order valence-corrected chi connectivity index (χ4v) is 1.98. The molecule has 0 radical (unpaired) electrons. The molecule has 1 amide bonds. The predicted octanol–water partition coefficient (Wildman–Crippen LogP) is 2.38. The molecule has 0 aromatic heterocycles. The van der Waals surface area contributed by atoms with Crippen LogP contribution in [0.15, 0.2) is 48.5 Å². The quantitative estimate of drug-likeness (QED) is 0.860. The third-order valence-corrected chi connectivity index (χ3v) is 3.11. The molecule has 0 saturated heterocycles. The van der Waals surface area contributed by atoms with Crippen molar-refractivity contribution in [3.8, 4) is 0 Å². The van der Waals surface area contributed by atoms with Gasteiger partial charge in [-0.3, -0.25) is 4.79 Å². The van der Waals surface area contributed by atoms with Crippen molar-refractivity contribution in [3.05, 3.63) is 70.8 Å². The van der Waals surface area contributed by atoms with Gasteiger partial charge in [0.15, 0.2) is 0 Å². The van der Waals surface area contributed by atoms with Crippen LogP contribution in [0, 0.1) is 6.92 Å². The molecule has 0 aliphatic rings. The van der Waals surface area contributed by atoms with Crippen molar-refractivity contribution in [3.63, 3.8) is 0 Å². The largest absolute Gasteiger partial charge is 0.366 e. The summed E-state index contributed by atoms with van der Waals surface area (Å²) < 4.78 is 0. The van der Waals surface area contributed by atoms with Crippen LogP contribution < -0.4 is 11.1 Å². The maximum absolute atomic E-state index is 11.1. The van der Waals surface area contributed by atoms with Crippen molar-refractivity contribution in [2.24, 2.45) is 5.73 Å². The third-order valence-electron chi connectivity index (χ3n) is 3.11. The van der Waals surface area contributed by atoms with Gasteiger partial charge in [-0.1, -0.05) is 36.4 Å². The van der Waals surface area contributed by atoms with Crippen LogP contribution in [-0.2, 0) is 13.1 Å². The summed E-state index contributed by atoms with van der Waals surface area (Å²) in [5, 5.41) is 3.39. The standard InChI is InChI=1S/C16H18N2O/c1-12-9-14(16(17)19)7-8-15(12)11-18-10-13-5-3-2-4-6-13/h2-9,18H,10-11H2,1H3,(H2,17,19). The molecule has 0 bridgehead atoms. The van der Waals surface area contributed by atoms with Crippen LogP contribution in [0.4, 0.5) is 0 Å². The Kier molecular flexibility index (Phi) is 4.31. The number of carbonyl (C=O) groups excluding carboxylic acids is 1. The molecular formula is C16H18N2O. The lowest BCUT2D eigenvalue weighted by Crippen LogP contribution is -2.15. The number of benzene rings is 2. The Balaban J connectivity index is 1.95. The summed E-state index contributed by atoms with van der Waals surface area (Å²) in [5.74, 6) is -0.383. The van der Waals surface area contributed by atoms with Gasteiger partial charge in [0.25, 0.3) is 0 Å². The molecule has 19 heavy (non-hydrogen) atoms. The number of rotatable bonds is 5. The minimum atomic E-state index is -0.383. The van der Waals surface area contributed by atoms with Crippen molar-refractivity contribution in [2.75, 3.05) is 0 Å². The summed E-state index contributed by atoms with van der Waals surface area (Å²) in [6, 6.07) is 15.8. The van der Waals surface area contributed by atoms with Crippen LogP contribution in [0.1, 0.15) is 27.0 Å². The van der Waals surface area contributed by atoms with E-state index in [-0.39, 0.29) is 5.91 Å². The molecule has 0 unspecified atom stereocenters. The zero-order chi connectivity index (χ0) is 13.7. The number of amides is 1. The third kappa shape index (κ3) is 3.66. The molecule has 0 spiro atoms. The van der Waals surface area contributed by atoms with Crippen LogP contribution in [0.2, 0.25) is 0 Å². The second-order valence-electron chi connectivity index (χ2n) is 4.59. The number of nitrogens with two attached hydrogens (primary N) is 1. The Bertz CT molecular complexity index is 564. The van der Waals surface area contributed by atoms with Gasteiger partial charge in [-0.25, -0.2) is 0 Å². The molecule has 0 aliphatic heterocycles. The van der Waals surface area contributed by atoms with Crippen molar-refractivity contribution < 1.29 is 4.79 Å². The minimum absolute atomic E-state index is 0.383. The van der Waals surface area contributed by atoms with E-state index in [4.69, 9.17) is 5.73 Å². The van der Waals surface area contributed by atoms with Gasteiger partial charge in [-0.2, -0.15) is 0 Å². The fourth-order valence-electron chi connectivity index (χ4n) is 1.98. The van der Waals surface area contributed by atoms with Gasteiger partial charge >= 0.3 is 0 Å². The number of nitrogens with one attached hydrogen (secondary N) is 1. The minimum Gasteiger partial charge on any atom is -0.366 e. The second-order valence-corrected chi connectivity index (χ2v) is 4.59. The topological polar surface area (TPSA) is 55.1 Å². The summed E-state index contributed by atoms with van der Waals surface area (Å²) in [4.78, 5) is 11.1. The lowest BCUT2D eigenvalue weighted by molar-refractivity contribution is 0.1000. The van der Waals surface area contributed by atoms with Crippen molar-refractivity contribution in [1.29, 1.82) is 0 Å². The molecule has 3 nitrogen and oxygen atoms in total. The summed E-state index contributed by atoms with van der Waals surface area (Å²) in [5.41, 5.74) is 9.33. The highest BCUT2D eigenvalue weighted by molar-refractivity contribution is 5.93. The number of aryl methyl sites for hydroxylation is 1. The molecule has 0 fully saturated rings. The number of hydrogen-bond acceptors (Lipinski definition) is 2. The van der Waals surface area contributed by atoms with E-state index in [0.29, 0.717) is 5.56 Å². The summed E-state index contributed by atoms with van der Waals surface area (Å²) in [6.07, 6.45) is 0. The molecule has 2 aromatic carbocycles. The highest BCUT2D eigenvalue weighted by Gasteiger charge is 2.03. The maximum atomic E-state index is 11.1. The highest BCUT2D eigenvalue weighted by Crippen LogP contribution is 2.11. The van der Waals surface area contributed by atoms with Gasteiger partial charge in [0.1, 0.15) is 0 Å². The van der Waals surface area contributed by atoms with E-state index in [2.05, 4.69) is 17.4 Å². The molecule has 2 rings (SSSR count). The highest BCUT2D eigenvalue weighted by atomic mass is 16.1. The monoisotopic (exact) mass is 254 g/mol. The first-order valence-corrected chi connectivity index (χ1v) is 6.31. The Hall–Kier alpha value is -2.13. The SMILES string of the molecule is Cc1cc(C(N)=O)ccc1CNCc1ccccc1. The van der Waals surface area contributed by atoms with E-state index < -0.39 is 0 Å². The van der Waals surface area contributed by atoms with Gasteiger partial charge < -0.3 is 11.1 Å². The Morgan fingerprint density at radius 1 is 1.11 bits per heavy atom. The molecule has 0 aliphatic carbocycles. The second kappa shape index (κ2) is 6.16. The summed E-state index contributed by atoms with van der Waals surface area (Å²) in [7, 11) is 0. The van der Waals surface area contributed by atoms with E-state index in [1.807, 2.05) is 37.3 Å². The zero-order valence-corrected chi connectivity index (χ0v) is 11.0. The Labute approximate surface area is 113 Å². The first-order chi connectivity index (χ1) is 9.16. The first-order valence-electron chi connectivity index (χ1n) is 6.31. The van der Waals surface area contributed by atoms with Gasteiger partial charge in [0, 0.05) is 18.7 Å². The molecule has 3 N–H and O–H groups in total. The average molecular weight is 254 g/mol. The Morgan fingerprint density at radius 2 is 1.84 bits per heavy atom. The Morgan fingerprint density at radius 3 is 2.47 bits per heavy atom.